The van der Waals surface area contributed by atoms with Gasteiger partial charge in [-0.05, 0) is 31.4 Å². The van der Waals surface area contributed by atoms with Crippen molar-refractivity contribution in [1.82, 2.24) is 0 Å². The number of esters is 1. The van der Waals surface area contributed by atoms with E-state index in [1.54, 1.807) is 12.1 Å². The fourth-order valence-electron chi connectivity index (χ4n) is 2.77. The summed E-state index contributed by atoms with van der Waals surface area (Å²) in [7, 11) is 1.39. The number of benzene rings is 1. The molecule has 2 unspecified atom stereocenters. The van der Waals surface area contributed by atoms with Crippen LogP contribution in [0.2, 0.25) is 0 Å². The highest BCUT2D eigenvalue weighted by Gasteiger charge is 2.30. The van der Waals surface area contributed by atoms with E-state index in [4.69, 9.17) is 10.5 Å². The standard InChI is InChI=1S/C14H20N2O2/c1-9-7-10(2)16(8-9)13-11(14(17)18-3)5-4-6-12(13)15/h4-6,9-10H,7-8,15H2,1-3H3. The predicted octanol–water partition coefficient (Wildman–Crippen LogP) is 2.29. The van der Waals surface area contributed by atoms with Crippen molar-refractivity contribution in [2.24, 2.45) is 5.92 Å². The average molecular weight is 248 g/mol. The van der Waals surface area contributed by atoms with Crippen LogP contribution in [0.15, 0.2) is 18.2 Å². The van der Waals surface area contributed by atoms with Gasteiger partial charge >= 0.3 is 5.97 Å². The van der Waals surface area contributed by atoms with Crippen molar-refractivity contribution >= 4 is 17.3 Å². The number of hydrogen-bond acceptors (Lipinski definition) is 4. The Morgan fingerprint density at radius 3 is 2.72 bits per heavy atom. The zero-order valence-electron chi connectivity index (χ0n) is 11.1. The van der Waals surface area contributed by atoms with Crippen LogP contribution < -0.4 is 10.6 Å². The molecule has 4 heteroatoms. The maximum absolute atomic E-state index is 11.8. The zero-order valence-corrected chi connectivity index (χ0v) is 11.1. The number of rotatable bonds is 2. The van der Waals surface area contributed by atoms with Crippen LogP contribution in [0.1, 0.15) is 30.6 Å². The lowest BCUT2D eigenvalue weighted by molar-refractivity contribution is 0.0601. The molecule has 98 valence electrons. The van der Waals surface area contributed by atoms with Gasteiger partial charge in [0.05, 0.1) is 24.0 Å². The summed E-state index contributed by atoms with van der Waals surface area (Å²) in [5.41, 5.74) is 8.06. The molecule has 18 heavy (non-hydrogen) atoms. The summed E-state index contributed by atoms with van der Waals surface area (Å²) >= 11 is 0. The second-order valence-corrected chi connectivity index (χ2v) is 5.08. The summed E-state index contributed by atoms with van der Waals surface area (Å²) < 4.78 is 4.83. The first kappa shape index (κ1) is 12.7. The maximum Gasteiger partial charge on any atom is 0.340 e. The van der Waals surface area contributed by atoms with Crippen molar-refractivity contribution in [3.05, 3.63) is 23.8 Å². The lowest BCUT2D eigenvalue weighted by Gasteiger charge is -2.27. The number of ether oxygens (including phenoxy) is 1. The van der Waals surface area contributed by atoms with E-state index >= 15 is 0 Å². The van der Waals surface area contributed by atoms with Gasteiger partial charge in [0.1, 0.15) is 0 Å². The number of anilines is 2. The number of nitrogen functional groups attached to an aromatic ring is 1. The van der Waals surface area contributed by atoms with E-state index in [9.17, 15) is 4.79 Å². The molecule has 1 fully saturated rings. The average Bonchev–Trinajstić information content (AvgIpc) is 2.67. The van der Waals surface area contributed by atoms with Crippen LogP contribution in [0.4, 0.5) is 11.4 Å². The van der Waals surface area contributed by atoms with Gasteiger partial charge in [0, 0.05) is 12.6 Å². The van der Waals surface area contributed by atoms with Crippen molar-refractivity contribution in [2.75, 3.05) is 24.3 Å². The molecule has 0 bridgehead atoms. The van der Waals surface area contributed by atoms with Gasteiger partial charge in [-0.2, -0.15) is 0 Å². The highest BCUT2D eigenvalue weighted by atomic mass is 16.5. The summed E-state index contributed by atoms with van der Waals surface area (Å²) in [6, 6.07) is 5.79. The minimum absolute atomic E-state index is 0.330. The third kappa shape index (κ3) is 2.15. The van der Waals surface area contributed by atoms with Crippen LogP contribution in [0.25, 0.3) is 0 Å². The van der Waals surface area contributed by atoms with Gasteiger partial charge in [-0.1, -0.05) is 13.0 Å². The lowest BCUT2D eigenvalue weighted by atomic mass is 10.1. The first-order valence-corrected chi connectivity index (χ1v) is 6.28. The number of nitrogens with two attached hydrogens (primary N) is 1. The first-order chi connectivity index (χ1) is 8.54. The highest BCUT2D eigenvalue weighted by molar-refractivity contribution is 5.99. The second-order valence-electron chi connectivity index (χ2n) is 5.08. The molecule has 1 aromatic rings. The Hall–Kier alpha value is -1.71. The molecule has 0 amide bonds. The zero-order chi connectivity index (χ0) is 13.3. The molecule has 0 aromatic heterocycles. The SMILES string of the molecule is COC(=O)c1cccc(N)c1N1CC(C)CC1C. The van der Waals surface area contributed by atoms with Crippen molar-refractivity contribution < 1.29 is 9.53 Å². The van der Waals surface area contributed by atoms with Gasteiger partial charge < -0.3 is 15.4 Å². The van der Waals surface area contributed by atoms with Gasteiger partial charge in [0.15, 0.2) is 0 Å². The Morgan fingerprint density at radius 1 is 1.44 bits per heavy atom. The molecular weight excluding hydrogens is 228 g/mol. The van der Waals surface area contributed by atoms with Crippen LogP contribution >= 0.6 is 0 Å². The number of methoxy groups -OCH3 is 1. The molecule has 1 saturated heterocycles. The molecule has 1 aliphatic heterocycles. The third-order valence-corrected chi connectivity index (χ3v) is 3.54. The van der Waals surface area contributed by atoms with Crippen LogP contribution in [0.5, 0.6) is 0 Å². The van der Waals surface area contributed by atoms with Gasteiger partial charge in [0.25, 0.3) is 0 Å². The van der Waals surface area contributed by atoms with E-state index in [0.29, 0.717) is 23.2 Å². The molecule has 1 aromatic carbocycles. The van der Waals surface area contributed by atoms with Crippen LogP contribution in [-0.2, 0) is 4.74 Å². The lowest BCUT2D eigenvalue weighted by Crippen LogP contribution is -2.29. The van der Waals surface area contributed by atoms with E-state index in [1.165, 1.54) is 7.11 Å². The molecule has 0 radical (unpaired) electrons. The first-order valence-electron chi connectivity index (χ1n) is 6.28. The summed E-state index contributed by atoms with van der Waals surface area (Å²) in [5, 5.41) is 0. The number of para-hydroxylation sites is 1. The second kappa shape index (κ2) is 4.88. The van der Waals surface area contributed by atoms with Crippen LogP contribution in [-0.4, -0.2) is 25.7 Å². The Labute approximate surface area is 108 Å². The molecule has 0 spiro atoms. The monoisotopic (exact) mass is 248 g/mol. The summed E-state index contributed by atoms with van der Waals surface area (Å²) in [4.78, 5) is 14.0. The molecule has 0 saturated carbocycles. The quantitative estimate of drug-likeness (QED) is 0.644. The van der Waals surface area contributed by atoms with E-state index in [1.807, 2.05) is 6.07 Å². The minimum Gasteiger partial charge on any atom is -0.465 e. The highest BCUT2D eigenvalue weighted by Crippen LogP contribution is 2.35. The fraction of sp³-hybridized carbons (Fsp3) is 0.500. The van der Waals surface area contributed by atoms with Crippen molar-refractivity contribution in [1.29, 1.82) is 0 Å². The van der Waals surface area contributed by atoms with E-state index in [2.05, 4.69) is 18.7 Å². The van der Waals surface area contributed by atoms with Gasteiger partial charge in [-0.25, -0.2) is 4.79 Å². The smallest absolute Gasteiger partial charge is 0.340 e. The van der Waals surface area contributed by atoms with Gasteiger partial charge in [-0.15, -0.1) is 0 Å². The van der Waals surface area contributed by atoms with Gasteiger partial charge in [0.2, 0.25) is 0 Å². The number of carbonyl (C=O) groups excluding carboxylic acids is 1. The van der Waals surface area contributed by atoms with E-state index < -0.39 is 0 Å². The topological polar surface area (TPSA) is 55.6 Å². The maximum atomic E-state index is 11.8. The third-order valence-electron chi connectivity index (χ3n) is 3.54. The summed E-state index contributed by atoms with van der Waals surface area (Å²) in [6.07, 6.45) is 1.12. The van der Waals surface area contributed by atoms with Crippen LogP contribution in [0.3, 0.4) is 0 Å². The minimum atomic E-state index is -0.330. The molecular formula is C14H20N2O2. The van der Waals surface area contributed by atoms with Crippen LogP contribution in [0, 0.1) is 5.92 Å². The number of hydrogen-bond donors (Lipinski definition) is 1. The summed E-state index contributed by atoms with van der Waals surface area (Å²) in [6.45, 7) is 5.31. The van der Waals surface area contributed by atoms with Gasteiger partial charge in [-0.3, -0.25) is 0 Å². The molecule has 2 atom stereocenters. The largest absolute Gasteiger partial charge is 0.465 e. The van der Waals surface area contributed by atoms with E-state index in [0.717, 1.165) is 18.7 Å². The molecule has 2 rings (SSSR count). The Balaban J connectivity index is 2.46. The molecule has 1 aliphatic rings. The molecule has 1 heterocycles. The predicted molar refractivity (Wildman–Crippen MR) is 72.8 cm³/mol. The Morgan fingerprint density at radius 2 is 2.17 bits per heavy atom. The molecule has 0 aliphatic carbocycles. The molecule has 2 N–H and O–H groups in total. The Bertz CT molecular complexity index is 459. The van der Waals surface area contributed by atoms with Crippen molar-refractivity contribution in [3.8, 4) is 0 Å². The normalized spacial score (nSPS) is 23.2. The van der Waals surface area contributed by atoms with E-state index in [-0.39, 0.29) is 5.97 Å². The number of carbonyl (C=O) groups is 1. The summed E-state index contributed by atoms with van der Waals surface area (Å²) in [5.74, 6) is 0.286. The van der Waals surface area contributed by atoms with Crippen molar-refractivity contribution in [2.45, 2.75) is 26.3 Å². The fourth-order valence-corrected chi connectivity index (χ4v) is 2.77. The van der Waals surface area contributed by atoms with Crippen molar-refractivity contribution in [3.63, 3.8) is 0 Å². The Kier molecular flexibility index (Phi) is 3.45. The molecule has 4 nitrogen and oxygen atoms in total. The number of nitrogens with zero attached hydrogens (tertiary/aromatic N) is 1.